The zero-order valence-electron chi connectivity index (χ0n) is 10.6. The third-order valence-electron chi connectivity index (χ3n) is 2.90. The van der Waals surface area contributed by atoms with Gasteiger partial charge in [0.25, 0.3) is 0 Å². The van der Waals surface area contributed by atoms with Crippen LogP contribution in [0.4, 0.5) is 0 Å². The van der Waals surface area contributed by atoms with Crippen molar-refractivity contribution < 1.29 is 14.3 Å². The maximum Gasteiger partial charge on any atom is 0.310 e. The van der Waals surface area contributed by atoms with Crippen LogP contribution < -0.4 is 10.6 Å². The summed E-state index contributed by atoms with van der Waals surface area (Å²) in [7, 11) is 0. The Morgan fingerprint density at radius 2 is 2.24 bits per heavy atom. The highest BCUT2D eigenvalue weighted by molar-refractivity contribution is 5.82. The molecule has 0 aromatic rings. The summed E-state index contributed by atoms with van der Waals surface area (Å²) in [6, 6.07) is -0.0989. The minimum absolute atomic E-state index is 0.0131. The lowest BCUT2D eigenvalue weighted by Crippen LogP contribution is -2.48. The SMILES string of the molecule is CCOC(=O)C(C)CNC(=O)C1CCCCN1. The molecule has 2 N–H and O–H groups in total. The number of rotatable bonds is 5. The molecule has 0 aliphatic carbocycles. The fourth-order valence-corrected chi connectivity index (χ4v) is 1.82. The van der Waals surface area contributed by atoms with E-state index in [0.29, 0.717) is 13.2 Å². The van der Waals surface area contributed by atoms with E-state index in [1.165, 1.54) is 0 Å². The molecule has 5 nitrogen and oxygen atoms in total. The Bertz CT molecular complexity index is 262. The van der Waals surface area contributed by atoms with Gasteiger partial charge in [0, 0.05) is 6.54 Å². The molecule has 98 valence electrons. The summed E-state index contributed by atoms with van der Waals surface area (Å²) in [6.45, 7) is 5.14. The standard InChI is InChI=1S/C12H22N2O3/c1-3-17-12(16)9(2)8-14-11(15)10-6-4-5-7-13-10/h9-10,13H,3-8H2,1-2H3,(H,14,15). The van der Waals surface area contributed by atoms with Crippen molar-refractivity contribution in [3.8, 4) is 0 Å². The first kappa shape index (κ1) is 14.0. The lowest BCUT2D eigenvalue weighted by atomic mass is 10.0. The van der Waals surface area contributed by atoms with Gasteiger partial charge in [0.15, 0.2) is 0 Å². The topological polar surface area (TPSA) is 67.4 Å². The van der Waals surface area contributed by atoms with Gasteiger partial charge in [-0.15, -0.1) is 0 Å². The van der Waals surface area contributed by atoms with Crippen molar-refractivity contribution in [1.29, 1.82) is 0 Å². The minimum atomic E-state index is -0.289. The molecule has 1 rings (SSSR count). The predicted octanol–water partition coefficient (Wildman–Crippen LogP) is 0.444. The molecule has 0 aromatic heterocycles. The molecule has 1 saturated heterocycles. The molecule has 1 heterocycles. The Morgan fingerprint density at radius 3 is 2.82 bits per heavy atom. The zero-order chi connectivity index (χ0) is 12.7. The minimum Gasteiger partial charge on any atom is -0.466 e. The molecule has 0 spiro atoms. The molecule has 0 radical (unpaired) electrons. The second-order valence-electron chi connectivity index (χ2n) is 4.40. The van der Waals surface area contributed by atoms with Gasteiger partial charge in [-0.3, -0.25) is 9.59 Å². The van der Waals surface area contributed by atoms with Crippen LogP contribution in [0, 0.1) is 5.92 Å². The third kappa shape index (κ3) is 4.73. The monoisotopic (exact) mass is 242 g/mol. The summed E-state index contributed by atoms with van der Waals surface area (Å²) in [5, 5.41) is 5.96. The molecule has 2 unspecified atom stereocenters. The fourth-order valence-electron chi connectivity index (χ4n) is 1.82. The second-order valence-corrected chi connectivity index (χ2v) is 4.40. The summed E-state index contributed by atoms with van der Waals surface area (Å²) in [6.07, 6.45) is 3.08. The quantitative estimate of drug-likeness (QED) is 0.687. The average Bonchev–Trinajstić information content (AvgIpc) is 2.36. The van der Waals surface area contributed by atoms with Crippen LogP contribution in [-0.4, -0.2) is 37.6 Å². The number of carbonyl (C=O) groups is 2. The van der Waals surface area contributed by atoms with Crippen molar-refractivity contribution in [2.75, 3.05) is 19.7 Å². The van der Waals surface area contributed by atoms with Gasteiger partial charge in [-0.2, -0.15) is 0 Å². The molecule has 1 aliphatic heterocycles. The molecular formula is C12H22N2O3. The predicted molar refractivity (Wildman–Crippen MR) is 64.4 cm³/mol. The maximum absolute atomic E-state index is 11.8. The van der Waals surface area contributed by atoms with Crippen LogP contribution in [-0.2, 0) is 14.3 Å². The molecule has 17 heavy (non-hydrogen) atoms. The fraction of sp³-hybridized carbons (Fsp3) is 0.833. The van der Waals surface area contributed by atoms with Crippen LogP contribution in [0.3, 0.4) is 0 Å². The van der Waals surface area contributed by atoms with Gasteiger partial charge in [-0.25, -0.2) is 0 Å². The van der Waals surface area contributed by atoms with Crippen molar-refractivity contribution in [1.82, 2.24) is 10.6 Å². The van der Waals surface area contributed by atoms with Gasteiger partial charge in [0.2, 0.25) is 5.91 Å². The Labute approximate surface area is 102 Å². The van der Waals surface area contributed by atoms with Gasteiger partial charge in [-0.05, 0) is 26.3 Å². The van der Waals surface area contributed by atoms with E-state index in [1.54, 1.807) is 13.8 Å². The maximum atomic E-state index is 11.8. The van der Waals surface area contributed by atoms with Gasteiger partial charge in [0.05, 0.1) is 18.6 Å². The average molecular weight is 242 g/mol. The summed E-state index contributed by atoms with van der Waals surface area (Å²) in [4.78, 5) is 23.1. The number of ether oxygens (including phenoxy) is 1. The Kier molecular flexibility index (Phi) is 5.97. The summed E-state index contributed by atoms with van der Waals surface area (Å²) in [5.41, 5.74) is 0. The smallest absolute Gasteiger partial charge is 0.310 e. The van der Waals surface area contributed by atoms with E-state index in [2.05, 4.69) is 10.6 Å². The van der Waals surface area contributed by atoms with E-state index in [-0.39, 0.29) is 23.8 Å². The van der Waals surface area contributed by atoms with Gasteiger partial charge < -0.3 is 15.4 Å². The van der Waals surface area contributed by atoms with Gasteiger partial charge in [-0.1, -0.05) is 13.3 Å². The molecule has 2 atom stereocenters. The highest BCUT2D eigenvalue weighted by Gasteiger charge is 2.22. The highest BCUT2D eigenvalue weighted by atomic mass is 16.5. The van der Waals surface area contributed by atoms with Crippen molar-refractivity contribution >= 4 is 11.9 Å². The van der Waals surface area contributed by atoms with Crippen LogP contribution in [0.1, 0.15) is 33.1 Å². The first-order valence-corrected chi connectivity index (χ1v) is 6.33. The first-order valence-electron chi connectivity index (χ1n) is 6.33. The zero-order valence-corrected chi connectivity index (χ0v) is 10.6. The van der Waals surface area contributed by atoms with Crippen LogP contribution in [0.15, 0.2) is 0 Å². The van der Waals surface area contributed by atoms with Crippen LogP contribution in [0.2, 0.25) is 0 Å². The summed E-state index contributed by atoms with van der Waals surface area (Å²) >= 11 is 0. The van der Waals surface area contributed by atoms with E-state index in [9.17, 15) is 9.59 Å². The molecule has 1 amide bonds. The lowest BCUT2D eigenvalue weighted by molar-refractivity contribution is -0.147. The van der Waals surface area contributed by atoms with Crippen molar-refractivity contribution in [3.63, 3.8) is 0 Å². The van der Waals surface area contributed by atoms with E-state index >= 15 is 0 Å². The van der Waals surface area contributed by atoms with Crippen molar-refractivity contribution in [3.05, 3.63) is 0 Å². The Hall–Kier alpha value is -1.10. The molecule has 0 saturated carbocycles. The molecule has 0 aromatic carbocycles. The first-order chi connectivity index (χ1) is 8.15. The van der Waals surface area contributed by atoms with Gasteiger partial charge in [0.1, 0.15) is 0 Å². The van der Waals surface area contributed by atoms with E-state index in [1.807, 2.05) is 0 Å². The second kappa shape index (κ2) is 7.27. The Balaban J connectivity index is 2.24. The van der Waals surface area contributed by atoms with E-state index in [4.69, 9.17) is 4.74 Å². The number of piperidine rings is 1. The van der Waals surface area contributed by atoms with E-state index in [0.717, 1.165) is 25.8 Å². The van der Waals surface area contributed by atoms with Gasteiger partial charge >= 0.3 is 5.97 Å². The highest BCUT2D eigenvalue weighted by Crippen LogP contribution is 2.07. The van der Waals surface area contributed by atoms with Crippen molar-refractivity contribution in [2.24, 2.45) is 5.92 Å². The number of carbonyl (C=O) groups excluding carboxylic acids is 2. The number of amides is 1. The van der Waals surface area contributed by atoms with Crippen LogP contribution >= 0.6 is 0 Å². The molecule has 1 aliphatic rings. The van der Waals surface area contributed by atoms with Crippen LogP contribution in [0.25, 0.3) is 0 Å². The summed E-state index contributed by atoms with van der Waals surface area (Å²) in [5.74, 6) is -0.562. The number of hydrogen-bond donors (Lipinski definition) is 2. The Morgan fingerprint density at radius 1 is 1.47 bits per heavy atom. The normalized spacial score (nSPS) is 21.6. The molecule has 1 fully saturated rings. The summed E-state index contributed by atoms with van der Waals surface area (Å²) < 4.78 is 4.88. The molecule has 5 heteroatoms. The third-order valence-corrected chi connectivity index (χ3v) is 2.90. The largest absolute Gasteiger partial charge is 0.466 e. The number of hydrogen-bond acceptors (Lipinski definition) is 4. The van der Waals surface area contributed by atoms with E-state index < -0.39 is 0 Å². The number of esters is 1. The van der Waals surface area contributed by atoms with Crippen molar-refractivity contribution in [2.45, 2.75) is 39.2 Å². The number of nitrogens with one attached hydrogen (secondary N) is 2. The lowest BCUT2D eigenvalue weighted by Gasteiger charge is -2.23. The molecular weight excluding hydrogens is 220 g/mol. The van der Waals surface area contributed by atoms with Crippen LogP contribution in [0.5, 0.6) is 0 Å². The molecule has 0 bridgehead atoms.